The Morgan fingerprint density at radius 1 is 1.12 bits per heavy atom. The molecule has 5 nitrogen and oxygen atoms in total. The number of carbonyl (C=O) groups is 1. The lowest BCUT2D eigenvalue weighted by Crippen LogP contribution is -2.41. The Bertz CT molecular complexity index is 1190. The van der Waals surface area contributed by atoms with E-state index in [0.717, 1.165) is 49.8 Å². The van der Waals surface area contributed by atoms with Gasteiger partial charge in [-0.3, -0.25) is 4.79 Å². The van der Waals surface area contributed by atoms with Crippen molar-refractivity contribution in [3.63, 3.8) is 0 Å². The van der Waals surface area contributed by atoms with E-state index in [-0.39, 0.29) is 17.4 Å². The zero-order valence-corrected chi connectivity index (χ0v) is 26.1. The first-order chi connectivity index (χ1) is 20.0. The number of hydrogen-bond acceptors (Lipinski definition) is 4. The molecule has 42 heavy (non-hydrogen) atoms. The molecular formula is C37H53NO4. The lowest BCUT2D eigenvalue weighted by Gasteiger charge is -2.45. The van der Waals surface area contributed by atoms with Gasteiger partial charge in [-0.1, -0.05) is 68.5 Å². The van der Waals surface area contributed by atoms with Crippen LogP contribution in [0.4, 0.5) is 0 Å². The first-order valence-electron chi connectivity index (χ1n) is 16.5. The number of likely N-dealkylation sites (tertiary alicyclic amines) is 1. The topological polar surface area (TPSA) is 81.0 Å². The summed E-state index contributed by atoms with van der Waals surface area (Å²) in [6.45, 7) is 11.4. The van der Waals surface area contributed by atoms with Crippen LogP contribution in [0.2, 0.25) is 0 Å². The van der Waals surface area contributed by atoms with Gasteiger partial charge in [0.15, 0.2) is 0 Å². The minimum atomic E-state index is -1.26. The summed E-state index contributed by atoms with van der Waals surface area (Å²) in [6.07, 6.45) is 14.6. The molecule has 5 rings (SSSR count). The largest absolute Gasteiger partial charge is 0.393 e. The van der Waals surface area contributed by atoms with Crippen molar-refractivity contribution < 1.29 is 20.1 Å². The third-order valence-electron chi connectivity index (χ3n) is 11.4. The number of rotatable bonds is 9. The van der Waals surface area contributed by atoms with E-state index in [1.54, 1.807) is 6.92 Å². The van der Waals surface area contributed by atoms with Crippen LogP contribution in [0.5, 0.6) is 0 Å². The van der Waals surface area contributed by atoms with E-state index in [9.17, 15) is 20.1 Å². The van der Waals surface area contributed by atoms with Gasteiger partial charge in [0, 0.05) is 25.4 Å². The highest BCUT2D eigenvalue weighted by Crippen LogP contribution is 2.60. The second kappa shape index (κ2) is 12.8. The zero-order chi connectivity index (χ0) is 30.1. The molecular weight excluding hydrogens is 522 g/mol. The van der Waals surface area contributed by atoms with Gasteiger partial charge in [0.1, 0.15) is 5.60 Å². The molecule has 0 bridgehead atoms. The van der Waals surface area contributed by atoms with Crippen LogP contribution in [0.1, 0.15) is 97.0 Å². The summed E-state index contributed by atoms with van der Waals surface area (Å²) >= 11 is 0. The first-order valence-corrected chi connectivity index (χ1v) is 16.5. The highest BCUT2D eigenvalue weighted by molar-refractivity contribution is 5.87. The monoisotopic (exact) mass is 575 g/mol. The SMILES string of the molecule is C=C1/C(=C\C=C2/CCC[C@]3(C)[C@@H]([C@H](C)C[C@H]4C[C@@](C)(O)C(=O)N4CCCCc4ccccc4)CC[C@@H]23)C[C@@H](O)C[C@@H]1O. The molecule has 3 N–H and O–H groups in total. The van der Waals surface area contributed by atoms with Crippen molar-refractivity contribution in [3.8, 4) is 0 Å². The van der Waals surface area contributed by atoms with Crippen molar-refractivity contribution in [3.05, 3.63) is 71.3 Å². The van der Waals surface area contributed by atoms with Crippen molar-refractivity contribution in [2.24, 2.45) is 23.2 Å². The van der Waals surface area contributed by atoms with Crippen LogP contribution >= 0.6 is 0 Å². The van der Waals surface area contributed by atoms with E-state index >= 15 is 0 Å². The molecule has 0 spiro atoms. The minimum Gasteiger partial charge on any atom is -0.393 e. The fourth-order valence-corrected chi connectivity index (χ4v) is 9.15. The average molecular weight is 576 g/mol. The van der Waals surface area contributed by atoms with E-state index < -0.39 is 17.8 Å². The van der Waals surface area contributed by atoms with Crippen molar-refractivity contribution in [2.45, 2.75) is 122 Å². The molecule has 4 aliphatic rings. The molecule has 4 fully saturated rings. The number of aliphatic hydroxyl groups excluding tert-OH is 2. The predicted molar refractivity (Wildman–Crippen MR) is 169 cm³/mol. The van der Waals surface area contributed by atoms with Gasteiger partial charge in [0.25, 0.3) is 5.91 Å². The summed E-state index contributed by atoms with van der Waals surface area (Å²) in [7, 11) is 0. The maximum absolute atomic E-state index is 13.2. The van der Waals surface area contributed by atoms with Crippen LogP contribution in [0.25, 0.3) is 0 Å². The summed E-state index contributed by atoms with van der Waals surface area (Å²) in [4.78, 5) is 15.2. The lowest BCUT2D eigenvalue weighted by atomic mass is 9.60. The predicted octanol–water partition coefficient (Wildman–Crippen LogP) is 6.53. The summed E-state index contributed by atoms with van der Waals surface area (Å²) in [5.41, 5.74) is 3.54. The number of nitrogens with zero attached hydrogens (tertiary/aromatic N) is 1. The molecule has 1 aromatic carbocycles. The molecule has 8 atom stereocenters. The normalized spacial score (nSPS) is 38.0. The van der Waals surface area contributed by atoms with E-state index in [2.05, 4.69) is 56.8 Å². The fourth-order valence-electron chi connectivity index (χ4n) is 9.15. The van der Waals surface area contributed by atoms with Crippen molar-refractivity contribution >= 4 is 5.91 Å². The molecule has 0 radical (unpaired) electrons. The standard InChI is InChI=1S/C37H53NO4/c1-25(21-30-24-37(4,42)35(41)38(30)20-9-8-13-27-11-6-5-7-12-27)32-17-18-33-28(14-10-19-36(32,33)3)15-16-29-22-31(39)23-34(40)26(29)2/h5-7,11-12,15-16,25,30-34,39-40,42H,2,8-10,13-14,17-24H2,1,3-4H3/b28-15+,29-16-/t25-,30+,31-,32-,33+,34+,36-,37-/m1/s1. The van der Waals surface area contributed by atoms with Crippen molar-refractivity contribution in [1.29, 1.82) is 0 Å². The van der Waals surface area contributed by atoms with Gasteiger partial charge in [-0.2, -0.15) is 0 Å². The first kappa shape index (κ1) is 31.2. The smallest absolute Gasteiger partial charge is 0.254 e. The van der Waals surface area contributed by atoms with Gasteiger partial charge >= 0.3 is 0 Å². The summed E-state index contributed by atoms with van der Waals surface area (Å²) in [5.74, 6) is 1.52. The number of aryl methyl sites for hydroxylation is 1. The number of carbonyl (C=O) groups excluding carboxylic acids is 1. The number of benzene rings is 1. The average Bonchev–Trinajstić information content (AvgIpc) is 3.41. The maximum Gasteiger partial charge on any atom is 0.254 e. The molecule has 1 aliphatic heterocycles. The van der Waals surface area contributed by atoms with Gasteiger partial charge in [0.05, 0.1) is 12.2 Å². The van der Waals surface area contributed by atoms with Crippen molar-refractivity contribution in [1.82, 2.24) is 4.90 Å². The molecule has 0 aromatic heterocycles. The number of amides is 1. The molecule has 0 unspecified atom stereocenters. The Balaban J connectivity index is 1.23. The van der Waals surface area contributed by atoms with E-state index in [1.165, 1.54) is 36.8 Å². The second-order valence-electron chi connectivity index (χ2n) is 14.5. The molecule has 3 aliphatic carbocycles. The Labute approximate surface area is 253 Å². The third kappa shape index (κ3) is 6.49. The van der Waals surface area contributed by atoms with Gasteiger partial charge in [-0.25, -0.2) is 0 Å². The number of aliphatic hydroxyl groups is 3. The highest BCUT2D eigenvalue weighted by atomic mass is 16.3. The van der Waals surface area contributed by atoms with Crippen LogP contribution in [-0.2, 0) is 11.2 Å². The highest BCUT2D eigenvalue weighted by Gasteiger charge is 2.53. The minimum absolute atomic E-state index is 0.0922. The number of unbranched alkanes of at least 4 members (excludes halogenated alkanes) is 1. The molecule has 5 heteroatoms. The second-order valence-corrected chi connectivity index (χ2v) is 14.5. The Hall–Kier alpha value is -2.21. The van der Waals surface area contributed by atoms with Crippen LogP contribution in [-0.4, -0.2) is 56.5 Å². The molecule has 1 saturated heterocycles. The fraction of sp³-hybridized carbons (Fsp3) is 0.649. The number of fused-ring (bicyclic) bond motifs is 1. The number of allylic oxidation sites excluding steroid dienone is 3. The Kier molecular flexibility index (Phi) is 9.51. The van der Waals surface area contributed by atoms with Gasteiger partial charge in [0.2, 0.25) is 0 Å². The Morgan fingerprint density at radius 2 is 1.88 bits per heavy atom. The molecule has 1 aromatic rings. The summed E-state index contributed by atoms with van der Waals surface area (Å²) in [5, 5.41) is 31.4. The summed E-state index contributed by atoms with van der Waals surface area (Å²) < 4.78 is 0. The van der Waals surface area contributed by atoms with Gasteiger partial charge in [-0.15, -0.1) is 0 Å². The quantitative estimate of drug-likeness (QED) is 0.293. The van der Waals surface area contributed by atoms with Crippen LogP contribution in [0.15, 0.2) is 65.8 Å². The molecule has 1 heterocycles. The zero-order valence-electron chi connectivity index (χ0n) is 26.1. The lowest BCUT2D eigenvalue weighted by molar-refractivity contribution is -0.142. The van der Waals surface area contributed by atoms with Crippen LogP contribution < -0.4 is 0 Å². The molecule has 3 saturated carbocycles. The van der Waals surface area contributed by atoms with E-state index in [4.69, 9.17) is 0 Å². The maximum atomic E-state index is 13.2. The van der Waals surface area contributed by atoms with Gasteiger partial charge < -0.3 is 20.2 Å². The van der Waals surface area contributed by atoms with Gasteiger partial charge in [-0.05, 0) is 111 Å². The third-order valence-corrected chi connectivity index (χ3v) is 11.4. The summed E-state index contributed by atoms with van der Waals surface area (Å²) in [6, 6.07) is 10.6. The Morgan fingerprint density at radius 3 is 2.64 bits per heavy atom. The van der Waals surface area contributed by atoms with Crippen LogP contribution in [0.3, 0.4) is 0 Å². The van der Waals surface area contributed by atoms with Crippen molar-refractivity contribution in [2.75, 3.05) is 6.54 Å². The number of hydrogen-bond donors (Lipinski definition) is 3. The van der Waals surface area contributed by atoms with Crippen LogP contribution in [0, 0.1) is 23.2 Å². The van der Waals surface area contributed by atoms with E-state index in [1.807, 2.05) is 11.0 Å². The van der Waals surface area contributed by atoms with E-state index in [0.29, 0.717) is 37.0 Å². The molecule has 230 valence electrons. The molecule has 1 amide bonds.